The van der Waals surface area contributed by atoms with E-state index in [2.05, 4.69) is 15.3 Å². The molecule has 1 aromatic heterocycles. The van der Waals surface area contributed by atoms with E-state index in [1.54, 1.807) is 0 Å². The lowest BCUT2D eigenvalue weighted by Gasteiger charge is -2.12. The molecular formula is C8H12N4O2S. The smallest absolute Gasteiger partial charge is 0.152 e. The van der Waals surface area contributed by atoms with Crippen molar-refractivity contribution in [2.45, 2.75) is 12.5 Å². The third-order valence-corrected chi connectivity index (χ3v) is 4.08. The molecule has 2 heterocycles. The number of hydrogen-bond acceptors (Lipinski definition) is 6. The lowest BCUT2D eigenvalue weighted by atomic mass is 10.2. The summed E-state index contributed by atoms with van der Waals surface area (Å²) in [5.74, 6) is 0.888. The van der Waals surface area contributed by atoms with Crippen LogP contribution < -0.4 is 11.1 Å². The fourth-order valence-electron chi connectivity index (χ4n) is 1.56. The second kappa shape index (κ2) is 3.65. The minimum absolute atomic E-state index is 0.0906. The van der Waals surface area contributed by atoms with Gasteiger partial charge in [-0.05, 0) is 6.42 Å². The summed E-state index contributed by atoms with van der Waals surface area (Å²) in [5, 5.41) is 3.01. The normalized spacial score (nSPS) is 23.9. The number of nitrogens with zero attached hydrogens (tertiary/aromatic N) is 2. The monoisotopic (exact) mass is 228 g/mol. The zero-order chi connectivity index (χ0) is 10.9. The first-order chi connectivity index (χ1) is 7.07. The van der Waals surface area contributed by atoms with Crippen molar-refractivity contribution in [3.05, 3.63) is 12.5 Å². The average molecular weight is 228 g/mol. The Morgan fingerprint density at radius 3 is 2.93 bits per heavy atom. The van der Waals surface area contributed by atoms with Gasteiger partial charge in [0.15, 0.2) is 15.7 Å². The van der Waals surface area contributed by atoms with E-state index < -0.39 is 9.84 Å². The molecule has 0 radical (unpaired) electrons. The molecule has 0 aromatic carbocycles. The van der Waals surface area contributed by atoms with Gasteiger partial charge in [-0.3, -0.25) is 0 Å². The zero-order valence-corrected chi connectivity index (χ0v) is 8.87. The molecule has 0 amide bonds. The van der Waals surface area contributed by atoms with Crippen LogP contribution in [0, 0.1) is 0 Å². The molecule has 1 saturated heterocycles. The van der Waals surface area contributed by atoms with Crippen molar-refractivity contribution in [3.63, 3.8) is 0 Å². The minimum atomic E-state index is -2.88. The Hall–Kier alpha value is -1.37. The Labute approximate surface area is 87.8 Å². The fraction of sp³-hybridized carbons (Fsp3) is 0.500. The van der Waals surface area contributed by atoms with Crippen LogP contribution in [0.2, 0.25) is 0 Å². The van der Waals surface area contributed by atoms with Crippen LogP contribution in [-0.4, -0.2) is 35.9 Å². The molecule has 3 N–H and O–H groups in total. The molecule has 1 atom stereocenters. The number of nitrogens with one attached hydrogen (secondary N) is 1. The van der Waals surface area contributed by atoms with Gasteiger partial charge in [-0.1, -0.05) is 0 Å². The van der Waals surface area contributed by atoms with Gasteiger partial charge >= 0.3 is 0 Å². The summed E-state index contributed by atoms with van der Waals surface area (Å²) in [7, 11) is -2.88. The van der Waals surface area contributed by atoms with E-state index in [0.29, 0.717) is 17.9 Å². The number of hydrogen-bond donors (Lipinski definition) is 2. The van der Waals surface area contributed by atoms with Crippen LogP contribution in [-0.2, 0) is 9.84 Å². The first kappa shape index (κ1) is 10.2. The SMILES string of the molecule is Nc1cncnc1NC1CCS(=O)(=O)C1. The quantitative estimate of drug-likeness (QED) is 0.718. The van der Waals surface area contributed by atoms with E-state index in [1.165, 1.54) is 12.5 Å². The molecule has 7 heteroatoms. The number of nitrogen functional groups attached to an aromatic ring is 1. The highest BCUT2D eigenvalue weighted by Crippen LogP contribution is 2.19. The maximum atomic E-state index is 11.2. The molecule has 1 unspecified atom stereocenters. The van der Waals surface area contributed by atoms with Crippen LogP contribution in [0.25, 0.3) is 0 Å². The minimum Gasteiger partial charge on any atom is -0.394 e. The van der Waals surface area contributed by atoms with Crippen LogP contribution in [0.15, 0.2) is 12.5 Å². The van der Waals surface area contributed by atoms with Gasteiger partial charge in [0, 0.05) is 6.04 Å². The summed E-state index contributed by atoms with van der Waals surface area (Å²) in [6.45, 7) is 0. The number of rotatable bonds is 2. The first-order valence-corrected chi connectivity index (χ1v) is 6.41. The Balaban J connectivity index is 2.08. The van der Waals surface area contributed by atoms with Crippen LogP contribution in [0.1, 0.15) is 6.42 Å². The van der Waals surface area contributed by atoms with Gasteiger partial charge in [0.1, 0.15) is 6.33 Å². The Morgan fingerprint density at radius 2 is 2.33 bits per heavy atom. The highest BCUT2D eigenvalue weighted by molar-refractivity contribution is 7.91. The third kappa shape index (κ3) is 2.35. The van der Waals surface area contributed by atoms with E-state index in [0.717, 1.165) is 0 Å². The van der Waals surface area contributed by atoms with Crippen molar-refractivity contribution in [2.75, 3.05) is 22.6 Å². The summed E-state index contributed by atoms with van der Waals surface area (Å²) in [4.78, 5) is 7.70. The third-order valence-electron chi connectivity index (χ3n) is 2.31. The van der Waals surface area contributed by atoms with E-state index >= 15 is 0 Å². The van der Waals surface area contributed by atoms with E-state index in [1.807, 2.05) is 0 Å². The molecule has 1 aliphatic rings. The topological polar surface area (TPSA) is 98.0 Å². The molecule has 0 saturated carbocycles. The van der Waals surface area contributed by atoms with Crippen molar-refractivity contribution in [3.8, 4) is 0 Å². The Bertz CT molecular complexity index is 459. The predicted octanol–water partition coefficient (Wildman–Crippen LogP) is -0.342. The standard InChI is InChI=1S/C8H12N4O2S/c9-7-3-10-5-11-8(7)12-6-1-2-15(13,14)4-6/h3,5-6H,1-2,4,9H2,(H,10,11,12). The molecule has 82 valence electrons. The summed E-state index contributed by atoms with van der Waals surface area (Å²) in [6.07, 6.45) is 3.46. The van der Waals surface area contributed by atoms with Crippen LogP contribution >= 0.6 is 0 Å². The van der Waals surface area contributed by atoms with Gasteiger partial charge in [-0.25, -0.2) is 18.4 Å². The van der Waals surface area contributed by atoms with Crippen LogP contribution in [0.5, 0.6) is 0 Å². The predicted molar refractivity (Wildman–Crippen MR) is 57.1 cm³/mol. The molecular weight excluding hydrogens is 216 g/mol. The van der Waals surface area contributed by atoms with Gasteiger partial charge in [0.25, 0.3) is 0 Å². The number of aromatic nitrogens is 2. The fourth-order valence-corrected chi connectivity index (χ4v) is 3.24. The van der Waals surface area contributed by atoms with Crippen molar-refractivity contribution < 1.29 is 8.42 Å². The summed E-state index contributed by atoms with van der Waals surface area (Å²) in [6, 6.07) is -0.0906. The Morgan fingerprint density at radius 1 is 1.53 bits per heavy atom. The molecule has 0 bridgehead atoms. The number of anilines is 2. The lowest BCUT2D eigenvalue weighted by Crippen LogP contribution is -2.22. The van der Waals surface area contributed by atoms with E-state index in [-0.39, 0.29) is 17.5 Å². The molecule has 2 rings (SSSR count). The average Bonchev–Trinajstić information content (AvgIpc) is 2.50. The highest BCUT2D eigenvalue weighted by Gasteiger charge is 2.28. The highest BCUT2D eigenvalue weighted by atomic mass is 32.2. The van der Waals surface area contributed by atoms with Crippen LogP contribution in [0.4, 0.5) is 11.5 Å². The summed E-state index contributed by atoms with van der Waals surface area (Å²) < 4.78 is 22.4. The zero-order valence-electron chi connectivity index (χ0n) is 8.05. The van der Waals surface area contributed by atoms with E-state index in [4.69, 9.17) is 5.73 Å². The molecule has 1 aliphatic heterocycles. The molecule has 6 nitrogen and oxygen atoms in total. The van der Waals surface area contributed by atoms with Gasteiger partial charge < -0.3 is 11.1 Å². The van der Waals surface area contributed by atoms with Crippen LogP contribution in [0.3, 0.4) is 0 Å². The van der Waals surface area contributed by atoms with Gasteiger partial charge in [0.2, 0.25) is 0 Å². The first-order valence-electron chi connectivity index (χ1n) is 4.59. The molecule has 1 aromatic rings. The lowest BCUT2D eigenvalue weighted by molar-refractivity contribution is 0.602. The number of sulfone groups is 1. The summed E-state index contributed by atoms with van der Waals surface area (Å²) >= 11 is 0. The second-order valence-corrected chi connectivity index (χ2v) is 5.80. The largest absolute Gasteiger partial charge is 0.394 e. The maximum absolute atomic E-state index is 11.2. The van der Waals surface area contributed by atoms with Crippen molar-refractivity contribution in [2.24, 2.45) is 0 Å². The van der Waals surface area contributed by atoms with Crippen molar-refractivity contribution in [1.29, 1.82) is 0 Å². The molecule has 15 heavy (non-hydrogen) atoms. The van der Waals surface area contributed by atoms with Crippen molar-refractivity contribution >= 4 is 21.3 Å². The second-order valence-electron chi connectivity index (χ2n) is 3.57. The maximum Gasteiger partial charge on any atom is 0.152 e. The van der Waals surface area contributed by atoms with Gasteiger partial charge in [0.05, 0.1) is 23.4 Å². The molecule has 1 fully saturated rings. The van der Waals surface area contributed by atoms with E-state index in [9.17, 15) is 8.42 Å². The van der Waals surface area contributed by atoms with Crippen molar-refractivity contribution in [1.82, 2.24) is 9.97 Å². The summed E-state index contributed by atoms with van der Waals surface area (Å²) in [5.41, 5.74) is 6.06. The molecule has 0 spiro atoms. The van der Waals surface area contributed by atoms with Gasteiger partial charge in [-0.15, -0.1) is 0 Å². The number of nitrogens with two attached hydrogens (primary N) is 1. The Kier molecular flexibility index (Phi) is 2.47. The molecule has 0 aliphatic carbocycles. The van der Waals surface area contributed by atoms with Gasteiger partial charge in [-0.2, -0.15) is 0 Å².